The molecule has 0 radical (unpaired) electrons. The summed E-state index contributed by atoms with van der Waals surface area (Å²) >= 11 is 0. The van der Waals surface area contributed by atoms with Crippen LogP contribution in [0.3, 0.4) is 0 Å². The Kier molecular flexibility index (Phi) is 9.85. The summed E-state index contributed by atoms with van der Waals surface area (Å²) in [5.41, 5.74) is 0.149. The van der Waals surface area contributed by atoms with Crippen LogP contribution in [0.25, 0.3) is 0 Å². The van der Waals surface area contributed by atoms with Crippen molar-refractivity contribution in [3.8, 4) is 23.3 Å². The Labute approximate surface area is 177 Å². The van der Waals surface area contributed by atoms with E-state index in [2.05, 4.69) is 11.8 Å². The molecule has 1 aliphatic heterocycles. The molecule has 7 nitrogen and oxygen atoms in total. The zero-order valence-electron chi connectivity index (χ0n) is 13.0. The monoisotopic (exact) mass is 338 g/mol. The third kappa shape index (κ3) is 5.98. The number of aryl methyl sites for hydroxylation is 1. The molecule has 10 heteroatoms. The van der Waals surface area contributed by atoms with Crippen molar-refractivity contribution in [1.82, 2.24) is 0 Å². The number of carbonyl (C=O) groups excluding carboxylic acids is 1. The van der Waals surface area contributed by atoms with E-state index in [1.54, 1.807) is 6.07 Å². The number of aliphatic hydroxyl groups excluding tert-OH is 1. The normalized spacial score (nSPS) is 13.9. The van der Waals surface area contributed by atoms with Crippen molar-refractivity contribution in [1.29, 1.82) is 0 Å². The molecule has 1 aliphatic rings. The maximum Gasteiger partial charge on any atom is 1.00 e. The summed E-state index contributed by atoms with van der Waals surface area (Å²) in [5.74, 6) is 3.08. The van der Waals surface area contributed by atoms with E-state index in [9.17, 15) is 19.9 Å². The van der Waals surface area contributed by atoms with Crippen molar-refractivity contribution in [2.24, 2.45) is 0 Å². The topological polar surface area (TPSA) is 119 Å². The average molecular weight is 338 g/mol. The van der Waals surface area contributed by atoms with E-state index in [1.807, 2.05) is 0 Å². The third-order valence-electron chi connectivity index (χ3n) is 3.01. The fraction of sp³-hybridized carbons (Fsp3) is 0.308. The Bertz CT molecular complexity index is 625. The number of ether oxygens (including phenoxy) is 1. The minimum Gasteiger partial charge on any atom is -0.669 e. The zero-order chi connectivity index (χ0) is 15.5. The Balaban J connectivity index is 0.00000242. The molecule has 0 amide bonds. The van der Waals surface area contributed by atoms with Gasteiger partial charge >= 0.3 is 65.9 Å². The number of aromatic carboxylic acids is 1. The maximum atomic E-state index is 11.3. The summed E-state index contributed by atoms with van der Waals surface area (Å²) in [6.45, 7) is -3.55. The quantitative estimate of drug-likeness (QED) is 0.370. The molecule has 1 aromatic carbocycles. The molecule has 23 heavy (non-hydrogen) atoms. The number of hydrogen-bond donors (Lipinski definition) is 3. The predicted molar refractivity (Wildman–Crippen MR) is 70.5 cm³/mol. The molecule has 0 spiro atoms. The van der Waals surface area contributed by atoms with Gasteiger partial charge in [-0.25, -0.2) is 0 Å². The van der Waals surface area contributed by atoms with Crippen LogP contribution < -0.4 is 73.6 Å². The number of rotatable bonds is 3. The van der Waals surface area contributed by atoms with Crippen LogP contribution in [-0.4, -0.2) is 41.1 Å². The molecule has 0 atom stereocenters. The predicted octanol–water partition coefficient (Wildman–Crippen LogP) is -7.71. The van der Waals surface area contributed by atoms with E-state index in [0.29, 0.717) is 5.56 Å². The molecule has 0 unspecified atom stereocenters. The van der Waals surface area contributed by atoms with Crippen molar-refractivity contribution < 1.29 is 93.6 Å². The van der Waals surface area contributed by atoms with Crippen LogP contribution in [-0.2, 0) is 6.42 Å². The Morgan fingerprint density at radius 2 is 2.04 bits per heavy atom. The second-order valence-corrected chi connectivity index (χ2v) is 4.53. The summed E-state index contributed by atoms with van der Waals surface area (Å²) < 4.78 is 10.2. The van der Waals surface area contributed by atoms with E-state index in [-0.39, 0.29) is 102 Å². The molecule has 2 rings (SSSR count). The smallest absolute Gasteiger partial charge is 0.669 e. The largest absolute Gasteiger partial charge is 1.00 e. The molecule has 0 aliphatic carbocycles. The number of hydrogen-bond acceptors (Lipinski definition) is 7. The number of carboxylic acid groups (broad SMARTS) is 1. The summed E-state index contributed by atoms with van der Waals surface area (Å²) in [4.78, 5) is 11.3. The van der Waals surface area contributed by atoms with Crippen LogP contribution in [0.15, 0.2) is 12.1 Å². The summed E-state index contributed by atoms with van der Waals surface area (Å²) in [6.07, 6.45) is 0.259. The van der Waals surface area contributed by atoms with Crippen LogP contribution in [0, 0.1) is 11.8 Å². The fourth-order valence-electron chi connectivity index (χ4n) is 2.06. The molecule has 0 fully saturated rings. The first kappa shape index (κ1) is 22.8. The van der Waals surface area contributed by atoms with Crippen molar-refractivity contribution >= 4 is 12.7 Å². The van der Waals surface area contributed by atoms with Crippen molar-refractivity contribution in [2.45, 2.75) is 12.7 Å². The first-order valence-electron chi connectivity index (χ1n) is 6.30. The van der Waals surface area contributed by atoms with Gasteiger partial charge in [0.2, 0.25) is 0 Å². The van der Waals surface area contributed by atoms with Gasteiger partial charge in [0.05, 0.1) is 17.3 Å². The van der Waals surface area contributed by atoms with Crippen LogP contribution in [0.4, 0.5) is 0 Å². The third-order valence-corrected chi connectivity index (χ3v) is 3.01. The second-order valence-electron chi connectivity index (χ2n) is 4.53. The van der Waals surface area contributed by atoms with Gasteiger partial charge in [-0.05, 0) is 18.1 Å². The minimum absolute atomic E-state index is 0. The van der Waals surface area contributed by atoms with E-state index < -0.39 is 12.7 Å². The molecule has 1 aromatic rings. The van der Waals surface area contributed by atoms with Crippen molar-refractivity contribution in [3.63, 3.8) is 0 Å². The summed E-state index contributed by atoms with van der Waals surface area (Å²) in [6, 6.07) is 3.02. The van der Waals surface area contributed by atoms with Gasteiger partial charge in [-0.2, -0.15) is 0 Å². The van der Waals surface area contributed by atoms with Gasteiger partial charge in [0.25, 0.3) is 0 Å². The molecule has 0 aromatic heterocycles. The number of aliphatic hydroxyl groups is 1. The van der Waals surface area contributed by atoms with E-state index in [4.69, 9.17) is 14.5 Å². The second kappa shape index (κ2) is 9.94. The van der Waals surface area contributed by atoms with Crippen LogP contribution >= 0.6 is 0 Å². The first-order valence-corrected chi connectivity index (χ1v) is 6.30. The van der Waals surface area contributed by atoms with Crippen LogP contribution in [0.5, 0.6) is 11.5 Å². The Morgan fingerprint density at radius 3 is 2.65 bits per heavy atom. The summed E-state index contributed by atoms with van der Waals surface area (Å²) in [7, 11) is 0. The van der Waals surface area contributed by atoms with Crippen molar-refractivity contribution in [2.75, 3.05) is 13.2 Å². The number of benzene rings is 1. The molecule has 0 bridgehead atoms. The van der Waals surface area contributed by atoms with Crippen LogP contribution in [0.1, 0.15) is 15.9 Å². The van der Waals surface area contributed by atoms with Gasteiger partial charge in [-0.1, -0.05) is 24.2 Å². The summed E-state index contributed by atoms with van der Waals surface area (Å²) in [5, 5.41) is 38.9. The SMILES string of the molecule is O=C([O-])c1c(OCC#CCO)ccc2c1O[B-](O)(O)CC2.[Na+].[Na+]. The fourth-order valence-corrected chi connectivity index (χ4v) is 2.06. The van der Waals surface area contributed by atoms with Gasteiger partial charge in [-0.3, -0.25) is 0 Å². The maximum absolute atomic E-state index is 11.3. The van der Waals surface area contributed by atoms with Gasteiger partial charge in [0, 0.05) is 0 Å². The molecule has 112 valence electrons. The van der Waals surface area contributed by atoms with E-state index in [1.165, 1.54) is 6.07 Å². The molecular formula is C13H13BNa2O7. The zero-order valence-corrected chi connectivity index (χ0v) is 17.0. The number of carboxylic acids is 1. The Morgan fingerprint density at radius 1 is 1.35 bits per heavy atom. The van der Waals surface area contributed by atoms with Crippen molar-refractivity contribution in [3.05, 3.63) is 23.3 Å². The number of fused-ring (bicyclic) bond motifs is 1. The Hall–Kier alpha value is -0.205. The van der Waals surface area contributed by atoms with Gasteiger partial charge in [0.1, 0.15) is 19.0 Å². The van der Waals surface area contributed by atoms with Crippen LogP contribution in [0.2, 0.25) is 6.32 Å². The van der Waals surface area contributed by atoms with Gasteiger partial charge in [0.15, 0.2) is 0 Å². The molecule has 0 saturated carbocycles. The molecule has 0 saturated heterocycles. The number of carbonyl (C=O) groups is 1. The van der Waals surface area contributed by atoms with Gasteiger partial charge < -0.3 is 34.4 Å². The molecule has 1 heterocycles. The standard InChI is InChI=1S/C13H14BO7.2Na/c15-7-1-2-8-20-10-4-3-9-5-6-14(18,19)21-12(9)11(10)13(16)17;;/h3-4,15,18-19H,5-8H2,(H,16,17);;/q-1;2*+1/p-1. The molecule has 3 N–H and O–H groups in total. The van der Waals surface area contributed by atoms with Gasteiger partial charge in [-0.15, -0.1) is 0 Å². The first-order chi connectivity index (χ1) is 9.94. The van der Waals surface area contributed by atoms with E-state index in [0.717, 1.165) is 0 Å². The molecular weight excluding hydrogens is 325 g/mol. The van der Waals surface area contributed by atoms with E-state index >= 15 is 0 Å². The minimum atomic E-state index is -3.09. The average Bonchev–Trinajstić information content (AvgIpc) is 2.41.